The van der Waals surface area contributed by atoms with Crippen LogP contribution < -0.4 is 20.7 Å². The Morgan fingerprint density at radius 3 is 2.50 bits per heavy atom. The number of sulfone groups is 1. The third kappa shape index (κ3) is 8.89. The van der Waals surface area contributed by atoms with Gasteiger partial charge in [0.15, 0.2) is 15.7 Å². The third-order valence-electron chi connectivity index (χ3n) is 7.64. The van der Waals surface area contributed by atoms with Crippen molar-refractivity contribution >= 4 is 50.5 Å². The number of carbonyl (C=O) groups is 1. The van der Waals surface area contributed by atoms with Gasteiger partial charge in [-0.15, -0.1) is 0 Å². The molecule has 3 N–H and O–H groups in total. The van der Waals surface area contributed by atoms with E-state index in [1.165, 1.54) is 6.20 Å². The van der Waals surface area contributed by atoms with E-state index < -0.39 is 20.7 Å². The van der Waals surface area contributed by atoms with Crippen molar-refractivity contribution in [2.24, 2.45) is 5.92 Å². The van der Waals surface area contributed by atoms with E-state index in [0.29, 0.717) is 23.5 Å². The fraction of sp³-hybridized carbons (Fsp3) is 0.500. The summed E-state index contributed by atoms with van der Waals surface area (Å²) in [4.78, 5) is 21.9. The molecular weight excluding hydrogens is 626 g/mol. The molecule has 1 saturated heterocycles. The molecule has 4 rings (SSSR count). The average molecular weight is 672 g/mol. The van der Waals surface area contributed by atoms with Gasteiger partial charge in [-0.1, -0.05) is 23.7 Å². The number of esters is 1. The summed E-state index contributed by atoms with van der Waals surface area (Å²) in [5.41, 5.74) is 2.67. The number of ether oxygens (including phenoxy) is 2. The summed E-state index contributed by atoms with van der Waals surface area (Å²) in [5, 5.41) is 9.45. The second-order valence-electron chi connectivity index (χ2n) is 13.3. The molecule has 2 atom stereocenters. The van der Waals surface area contributed by atoms with E-state index in [1.807, 2.05) is 47.6 Å². The van der Waals surface area contributed by atoms with Crippen LogP contribution in [-0.4, -0.2) is 54.4 Å². The number of aryl methyl sites for hydroxylation is 1. The molecule has 3 aromatic rings. The Balaban J connectivity index is 1.65. The molecule has 250 valence electrons. The SMILES string of the molecule is Cc1cc(Nc2ncc(Cl)c(Nc3ccccc3S(=O)(=O)C(C)C)n2)c(OC(C)C)cc1C1CCNCC1CC(=O)OC(C)(C)C. The Kier molecular flexibility index (Phi) is 11.2. The summed E-state index contributed by atoms with van der Waals surface area (Å²) >= 11 is 6.47. The normalized spacial score (nSPS) is 17.2. The molecule has 46 heavy (non-hydrogen) atoms. The number of aromatic nitrogens is 2. The number of hydrogen-bond donors (Lipinski definition) is 3. The largest absolute Gasteiger partial charge is 0.489 e. The van der Waals surface area contributed by atoms with Crippen LogP contribution in [0.1, 0.15) is 78.4 Å². The molecule has 12 heteroatoms. The predicted octanol–water partition coefficient (Wildman–Crippen LogP) is 7.32. The molecular formula is C34H46ClN5O5S. The van der Waals surface area contributed by atoms with Gasteiger partial charge in [0.2, 0.25) is 5.95 Å². The lowest BCUT2D eigenvalue weighted by Gasteiger charge is -2.34. The Morgan fingerprint density at radius 2 is 1.83 bits per heavy atom. The molecule has 2 aromatic carbocycles. The summed E-state index contributed by atoms with van der Waals surface area (Å²) in [6, 6.07) is 10.7. The summed E-state index contributed by atoms with van der Waals surface area (Å²) in [6.45, 7) is 16.5. The summed E-state index contributed by atoms with van der Waals surface area (Å²) in [6.07, 6.45) is 2.56. The van der Waals surface area contributed by atoms with Crippen molar-refractivity contribution < 1.29 is 22.7 Å². The molecule has 0 radical (unpaired) electrons. The van der Waals surface area contributed by atoms with Gasteiger partial charge in [0.25, 0.3) is 0 Å². The van der Waals surface area contributed by atoms with E-state index in [2.05, 4.69) is 32.0 Å². The Morgan fingerprint density at radius 1 is 1.11 bits per heavy atom. The minimum absolute atomic E-state index is 0.0728. The van der Waals surface area contributed by atoms with E-state index in [0.717, 1.165) is 30.6 Å². The molecule has 2 heterocycles. The zero-order chi connectivity index (χ0) is 33.8. The molecule has 0 amide bonds. The van der Waals surface area contributed by atoms with Gasteiger partial charge < -0.3 is 25.4 Å². The Bertz CT molecular complexity index is 1660. The van der Waals surface area contributed by atoms with Gasteiger partial charge in [-0.25, -0.2) is 13.4 Å². The maximum Gasteiger partial charge on any atom is 0.306 e. The highest BCUT2D eigenvalue weighted by Gasteiger charge is 2.32. The second kappa shape index (κ2) is 14.6. The van der Waals surface area contributed by atoms with Crippen molar-refractivity contribution in [3.8, 4) is 5.75 Å². The number of nitrogens with one attached hydrogen (secondary N) is 3. The third-order valence-corrected chi connectivity index (χ3v) is 10.1. The molecule has 0 aliphatic carbocycles. The number of benzene rings is 2. The second-order valence-corrected chi connectivity index (χ2v) is 16.1. The van der Waals surface area contributed by atoms with Gasteiger partial charge in [-0.3, -0.25) is 4.79 Å². The molecule has 1 fully saturated rings. The van der Waals surface area contributed by atoms with Crippen LogP contribution in [0.5, 0.6) is 5.75 Å². The van der Waals surface area contributed by atoms with Gasteiger partial charge in [0, 0.05) is 0 Å². The minimum atomic E-state index is -3.56. The van der Waals surface area contributed by atoms with Crippen molar-refractivity contribution in [2.45, 2.75) is 96.0 Å². The zero-order valence-corrected chi connectivity index (χ0v) is 29.5. The van der Waals surface area contributed by atoms with Crippen LogP contribution in [0.25, 0.3) is 0 Å². The monoisotopic (exact) mass is 671 g/mol. The zero-order valence-electron chi connectivity index (χ0n) is 27.9. The van der Waals surface area contributed by atoms with E-state index in [-0.39, 0.29) is 45.6 Å². The maximum absolute atomic E-state index is 13.0. The van der Waals surface area contributed by atoms with Crippen LogP contribution in [0.2, 0.25) is 5.02 Å². The van der Waals surface area contributed by atoms with Crippen LogP contribution in [0, 0.1) is 12.8 Å². The lowest BCUT2D eigenvalue weighted by molar-refractivity contribution is -0.156. The Labute approximate surface area is 278 Å². The van der Waals surface area contributed by atoms with Gasteiger partial charge in [-0.2, -0.15) is 4.98 Å². The van der Waals surface area contributed by atoms with Crippen LogP contribution in [-0.2, 0) is 19.4 Å². The highest BCUT2D eigenvalue weighted by Crippen LogP contribution is 2.40. The number of carbonyl (C=O) groups excluding carboxylic acids is 1. The number of piperidine rings is 1. The molecule has 0 bridgehead atoms. The number of para-hydroxylation sites is 1. The molecule has 0 spiro atoms. The van der Waals surface area contributed by atoms with E-state index in [4.69, 9.17) is 21.1 Å². The number of rotatable bonds is 11. The van der Waals surface area contributed by atoms with E-state index in [1.54, 1.807) is 38.1 Å². The minimum Gasteiger partial charge on any atom is -0.489 e. The fourth-order valence-electron chi connectivity index (χ4n) is 5.53. The summed E-state index contributed by atoms with van der Waals surface area (Å²) < 4.78 is 37.9. The lowest BCUT2D eigenvalue weighted by Crippen LogP contribution is -2.38. The first kappa shape index (κ1) is 35.4. The first-order valence-corrected chi connectivity index (χ1v) is 17.6. The van der Waals surface area contributed by atoms with Crippen molar-refractivity contribution in [3.05, 3.63) is 58.7 Å². The lowest BCUT2D eigenvalue weighted by atomic mass is 9.77. The Hall–Kier alpha value is -3.41. The van der Waals surface area contributed by atoms with Crippen molar-refractivity contribution in [1.82, 2.24) is 15.3 Å². The fourth-order valence-corrected chi connectivity index (χ4v) is 6.87. The quantitative estimate of drug-likeness (QED) is 0.178. The molecule has 1 aliphatic rings. The number of nitrogens with zero attached hydrogens (tertiary/aromatic N) is 2. The van der Waals surface area contributed by atoms with Crippen molar-refractivity contribution in [3.63, 3.8) is 0 Å². The molecule has 1 aromatic heterocycles. The molecule has 2 unspecified atom stereocenters. The van der Waals surface area contributed by atoms with Crippen LogP contribution in [0.4, 0.5) is 23.1 Å². The van der Waals surface area contributed by atoms with Gasteiger partial charge in [0.1, 0.15) is 16.4 Å². The summed E-state index contributed by atoms with van der Waals surface area (Å²) in [5.74, 6) is 1.15. The molecule has 1 aliphatic heterocycles. The molecule has 0 saturated carbocycles. The van der Waals surface area contributed by atoms with Crippen LogP contribution >= 0.6 is 11.6 Å². The first-order valence-electron chi connectivity index (χ1n) is 15.7. The van der Waals surface area contributed by atoms with E-state index >= 15 is 0 Å². The predicted molar refractivity (Wildman–Crippen MR) is 183 cm³/mol. The number of halogens is 1. The summed E-state index contributed by atoms with van der Waals surface area (Å²) in [7, 11) is -3.56. The maximum atomic E-state index is 13.0. The highest BCUT2D eigenvalue weighted by atomic mass is 35.5. The van der Waals surface area contributed by atoms with Crippen LogP contribution in [0.3, 0.4) is 0 Å². The molecule has 10 nitrogen and oxygen atoms in total. The van der Waals surface area contributed by atoms with Gasteiger partial charge >= 0.3 is 5.97 Å². The smallest absolute Gasteiger partial charge is 0.306 e. The van der Waals surface area contributed by atoms with Crippen molar-refractivity contribution in [2.75, 3.05) is 23.7 Å². The van der Waals surface area contributed by atoms with Gasteiger partial charge in [-0.05, 0) is 122 Å². The topological polar surface area (TPSA) is 132 Å². The van der Waals surface area contributed by atoms with Crippen LogP contribution in [0.15, 0.2) is 47.5 Å². The van der Waals surface area contributed by atoms with Gasteiger partial charge in [0.05, 0.1) is 40.2 Å². The standard InChI is InChI=1S/C34H46ClN5O5S/c1-20(2)44-29-17-25(24-13-14-36-18-23(24)16-31(41)45-34(6,7)8)22(5)15-28(29)39-33-37-19-26(35)32(40-33)38-27-11-9-10-12-30(27)46(42,43)21(3)4/h9-12,15,17,19-21,23-24,36H,13-14,16,18H2,1-8H3,(H2,37,38,39,40). The first-order chi connectivity index (χ1) is 21.5. The number of anilines is 4. The average Bonchev–Trinajstić information content (AvgIpc) is 2.95. The highest BCUT2D eigenvalue weighted by molar-refractivity contribution is 7.92. The van der Waals surface area contributed by atoms with E-state index in [9.17, 15) is 13.2 Å². The van der Waals surface area contributed by atoms with Crippen molar-refractivity contribution in [1.29, 1.82) is 0 Å². The number of hydrogen-bond acceptors (Lipinski definition) is 10.